The van der Waals surface area contributed by atoms with Gasteiger partial charge in [-0.3, -0.25) is 0 Å². The largest absolute Gasteiger partial charge is 0.308 e. The third-order valence-electron chi connectivity index (χ3n) is 5.87. The van der Waals surface area contributed by atoms with E-state index in [4.69, 9.17) is 22.3 Å². The second-order valence-corrected chi connectivity index (χ2v) is 9.19. The SMILES string of the molecule is Cc1ccccc1-c1nn(C[NH+]2CCC[C@@H]2c2nc3ccccc3s2)c(=S)n1C. The van der Waals surface area contributed by atoms with Crippen molar-refractivity contribution in [2.45, 2.75) is 32.5 Å². The first-order valence-corrected chi connectivity index (χ1v) is 11.2. The van der Waals surface area contributed by atoms with Crippen LogP contribution in [0.4, 0.5) is 0 Å². The Balaban J connectivity index is 1.46. The number of quaternary nitrogens is 1. The number of thiazole rings is 1. The molecule has 0 saturated carbocycles. The van der Waals surface area contributed by atoms with E-state index >= 15 is 0 Å². The highest BCUT2D eigenvalue weighted by molar-refractivity contribution is 7.71. The van der Waals surface area contributed by atoms with Gasteiger partial charge in [-0.1, -0.05) is 36.4 Å². The number of fused-ring (bicyclic) bond motifs is 1. The lowest BCUT2D eigenvalue weighted by atomic mass is 10.1. The van der Waals surface area contributed by atoms with Crippen molar-refractivity contribution >= 4 is 33.8 Å². The number of rotatable bonds is 4. The molecule has 1 aliphatic rings. The highest BCUT2D eigenvalue weighted by Crippen LogP contribution is 2.29. The Bertz CT molecular complexity index is 1200. The minimum atomic E-state index is 0.415. The first-order valence-electron chi connectivity index (χ1n) is 10.0. The van der Waals surface area contributed by atoms with Gasteiger partial charge in [-0.25, -0.2) is 4.98 Å². The number of aromatic nitrogens is 4. The second-order valence-electron chi connectivity index (χ2n) is 7.76. The summed E-state index contributed by atoms with van der Waals surface area (Å²) in [7, 11) is 2.01. The number of nitrogens with one attached hydrogen (secondary N) is 1. The molecule has 2 aromatic carbocycles. The molecule has 3 heterocycles. The third kappa shape index (κ3) is 3.33. The molecule has 5 rings (SSSR count). The van der Waals surface area contributed by atoms with Crippen LogP contribution in [0.5, 0.6) is 0 Å². The maximum atomic E-state index is 5.74. The molecule has 1 saturated heterocycles. The number of hydrogen-bond donors (Lipinski definition) is 1. The van der Waals surface area contributed by atoms with E-state index in [-0.39, 0.29) is 0 Å². The number of hydrogen-bond acceptors (Lipinski definition) is 4. The summed E-state index contributed by atoms with van der Waals surface area (Å²) in [5.41, 5.74) is 3.46. The zero-order valence-corrected chi connectivity index (χ0v) is 18.3. The normalized spacial score (nSPS) is 19.2. The Kier molecular flexibility index (Phi) is 4.81. The molecule has 1 unspecified atom stereocenters. The number of aryl methyl sites for hydroxylation is 1. The summed E-state index contributed by atoms with van der Waals surface area (Å²) in [6.07, 6.45) is 2.38. The van der Waals surface area contributed by atoms with E-state index in [1.165, 1.54) is 33.0 Å². The zero-order chi connectivity index (χ0) is 20.0. The quantitative estimate of drug-likeness (QED) is 0.507. The summed E-state index contributed by atoms with van der Waals surface area (Å²) >= 11 is 7.56. The molecule has 4 aromatic rings. The highest BCUT2D eigenvalue weighted by atomic mass is 32.1. The van der Waals surface area contributed by atoms with Gasteiger partial charge in [0.05, 0.1) is 16.8 Å². The van der Waals surface area contributed by atoms with Crippen molar-refractivity contribution in [3.8, 4) is 11.4 Å². The molecule has 1 fully saturated rings. The van der Waals surface area contributed by atoms with Gasteiger partial charge in [0.1, 0.15) is 6.04 Å². The standard InChI is InChI=1S/C22H23N5S2/c1-15-8-3-4-9-16(15)20-24-27(22(28)25(20)2)14-26-13-7-11-18(26)21-23-17-10-5-6-12-19(17)29-21/h3-6,8-10,12,18H,7,11,13-14H2,1-2H3/p+1/t18-/m1/s1. The van der Waals surface area contributed by atoms with E-state index < -0.39 is 0 Å². The van der Waals surface area contributed by atoms with Crippen molar-refractivity contribution in [2.75, 3.05) is 6.54 Å². The lowest BCUT2D eigenvalue weighted by Crippen LogP contribution is -3.09. The van der Waals surface area contributed by atoms with Gasteiger partial charge < -0.3 is 9.47 Å². The Labute approximate surface area is 179 Å². The molecule has 1 N–H and O–H groups in total. The van der Waals surface area contributed by atoms with Crippen LogP contribution in [0, 0.1) is 11.7 Å². The lowest BCUT2D eigenvalue weighted by molar-refractivity contribution is -0.941. The molecule has 148 valence electrons. The molecule has 7 heteroatoms. The van der Waals surface area contributed by atoms with Crippen LogP contribution in [0.25, 0.3) is 21.6 Å². The van der Waals surface area contributed by atoms with Crippen LogP contribution in [-0.2, 0) is 13.7 Å². The molecule has 5 nitrogen and oxygen atoms in total. The minimum Gasteiger partial charge on any atom is -0.308 e. The number of para-hydroxylation sites is 1. The molecular formula is C22H24N5S2+. The van der Waals surface area contributed by atoms with Crippen LogP contribution in [0.15, 0.2) is 48.5 Å². The van der Waals surface area contributed by atoms with Crippen molar-refractivity contribution in [3.63, 3.8) is 0 Å². The van der Waals surface area contributed by atoms with Crippen molar-refractivity contribution in [2.24, 2.45) is 7.05 Å². The fourth-order valence-electron chi connectivity index (χ4n) is 4.28. The van der Waals surface area contributed by atoms with Crippen molar-refractivity contribution in [3.05, 3.63) is 63.9 Å². The topological polar surface area (TPSA) is 40.1 Å². The Morgan fingerprint density at radius 3 is 2.79 bits per heavy atom. The predicted octanol–water partition coefficient (Wildman–Crippen LogP) is 3.91. The van der Waals surface area contributed by atoms with Crippen LogP contribution in [0.1, 0.15) is 29.5 Å². The summed E-state index contributed by atoms with van der Waals surface area (Å²) in [5.74, 6) is 0.934. The number of nitrogens with zero attached hydrogens (tertiary/aromatic N) is 4. The van der Waals surface area contributed by atoms with Crippen LogP contribution < -0.4 is 4.90 Å². The molecule has 2 aromatic heterocycles. The van der Waals surface area contributed by atoms with Gasteiger partial charge in [-0.05, 0) is 36.8 Å². The maximum Gasteiger partial charge on any atom is 0.202 e. The zero-order valence-electron chi connectivity index (χ0n) is 16.6. The van der Waals surface area contributed by atoms with E-state index in [0.717, 1.165) is 34.9 Å². The van der Waals surface area contributed by atoms with Gasteiger partial charge in [0.15, 0.2) is 17.5 Å². The summed E-state index contributed by atoms with van der Waals surface area (Å²) < 4.78 is 6.06. The molecule has 2 atom stereocenters. The maximum absolute atomic E-state index is 5.74. The van der Waals surface area contributed by atoms with Gasteiger partial charge >= 0.3 is 0 Å². The van der Waals surface area contributed by atoms with Gasteiger partial charge in [0, 0.05) is 25.5 Å². The fourth-order valence-corrected chi connectivity index (χ4v) is 5.63. The Morgan fingerprint density at radius 2 is 1.97 bits per heavy atom. The van der Waals surface area contributed by atoms with Crippen molar-refractivity contribution in [1.29, 1.82) is 0 Å². The predicted molar refractivity (Wildman–Crippen MR) is 120 cm³/mol. The van der Waals surface area contributed by atoms with Gasteiger partial charge in [-0.2, -0.15) is 4.68 Å². The van der Waals surface area contributed by atoms with E-state index in [0.29, 0.717) is 6.04 Å². The van der Waals surface area contributed by atoms with Crippen LogP contribution in [-0.4, -0.2) is 25.9 Å². The smallest absolute Gasteiger partial charge is 0.202 e. The lowest BCUT2D eigenvalue weighted by Gasteiger charge is -2.19. The monoisotopic (exact) mass is 422 g/mol. The first kappa shape index (κ1) is 18.7. The molecule has 1 aliphatic heterocycles. The van der Waals surface area contributed by atoms with Crippen LogP contribution >= 0.6 is 23.6 Å². The molecule has 0 bridgehead atoms. The Morgan fingerprint density at radius 1 is 1.17 bits per heavy atom. The van der Waals surface area contributed by atoms with E-state index in [1.807, 2.05) is 27.6 Å². The summed E-state index contributed by atoms with van der Waals surface area (Å²) in [4.78, 5) is 6.42. The molecule has 0 radical (unpaired) electrons. The molecule has 0 amide bonds. The highest BCUT2D eigenvalue weighted by Gasteiger charge is 2.33. The third-order valence-corrected chi connectivity index (χ3v) is 7.51. The number of benzene rings is 2. The van der Waals surface area contributed by atoms with Gasteiger partial charge in [0.25, 0.3) is 0 Å². The van der Waals surface area contributed by atoms with Crippen LogP contribution in [0.3, 0.4) is 0 Å². The number of likely N-dealkylation sites (tertiary alicyclic amines) is 1. The summed E-state index contributed by atoms with van der Waals surface area (Å²) in [6.45, 7) is 4.02. The molecule has 0 aliphatic carbocycles. The molecule has 0 spiro atoms. The van der Waals surface area contributed by atoms with E-state index in [9.17, 15) is 0 Å². The molecule has 29 heavy (non-hydrogen) atoms. The van der Waals surface area contributed by atoms with Gasteiger partial charge in [-0.15, -0.1) is 16.4 Å². The van der Waals surface area contributed by atoms with Crippen molar-refractivity contribution < 1.29 is 4.90 Å². The minimum absolute atomic E-state index is 0.415. The van der Waals surface area contributed by atoms with Gasteiger partial charge in [0.2, 0.25) is 4.77 Å². The average molecular weight is 423 g/mol. The second kappa shape index (κ2) is 7.48. The molecular weight excluding hydrogens is 398 g/mol. The van der Waals surface area contributed by atoms with E-state index in [1.54, 1.807) is 0 Å². The average Bonchev–Trinajstić information content (AvgIpc) is 3.42. The summed E-state index contributed by atoms with van der Waals surface area (Å²) in [6, 6.07) is 17.2. The fraction of sp³-hybridized carbons (Fsp3) is 0.318. The van der Waals surface area contributed by atoms with E-state index in [2.05, 4.69) is 55.5 Å². The van der Waals surface area contributed by atoms with Crippen LogP contribution in [0.2, 0.25) is 0 Å². The summed E-state index contributed by atoms with van der Waals surface area (Å²) in [5, 5.41) is 6.15. The van der Waals surface area contributed by atoms with Crippen molar-refractivity contribution in [1.82, 2.24) is 19.3 Å². The Hall–Kier alpha value is -2.35. The first-order chi connectivity index (χ1) is 14.1.